The summed E-state index contributed by atoms with van der Waals surface area (Å²) in [6.07, 6.45) is 19.6. The van der Waals surface area contributed by atoms with E-state index in [0.29, 0.717) is 6.42 Å². The Balaban J connectivity index is 1.61. The zero-order chi connectivity index (χ0) is 18.5. The fourth-order valence-electron chi connectivity index (χ4n) is 3.84. The number of hydrogen-bond donors (Lipinski definition) is 1. The molecular weight excluding hydrogens is 318 g/mol. The molecule has 0 heterocycles. The van der Waals surface area contributed by atoms with Gasteiger partial charge in [0.2, 0.25) is 5.91 Å². The maximum absolute atomic E-state index is 11.4. The number of nitrogens with one attached hydrogen (secondary N) is 1. The van der Waals surface area contributed by atoms with Gasteiger partial charge in [0.05, 0.1) is 0 Å². The average Bonchev–Trinajstić information content (AvgIpc) is 3.09. The van der Waals surface area contributed by atoms with Crippen LogP contribution in [0.5, 0.6) is 0 Å². The van der Waals surface area contributed by atoms with Crippen LogP contribution < -0.4 is 5.32 Å². The Kier molecular flexibility index (Phi) is 9.86. The molecule has 1 aromatic rings. The second kappa shape index (κ2) is 12.5. The molecule has 2 atom stereocenters. The maximum Gasteiger partial charge on any atom is 0.220 e. The van der Waals surface area contributed by atoms with Crippen molar-refractivity contribution in [3.63, 3.8) is 0 Å². The smallest absolute Gasteiger partial charge is 0.220 e. The zero-order valence-corrected chi connectivity index (χ0v) is 16.3. The Labute approximate surface area is 159 Å². The highest BCUT2D eigenvalue weighted by molar-refractivity contribution is 5.75. The van der Waals surface area contributed by atoms with Crippen molar-refractivity contribution in [1.82, 2.24) is 5.32 Å². The lowest BCUT2D eigenvalue weighted by molar-refractivity contribution is -0.120. The molecule has 142 valence electrons. The summed E-state index contributed by atoms with van der Waals surface area (Å²) in [5.74, 6) is 1.70. The van der Waals surface area contributed by atoms with E-state index in [-0.39, 0.29) is 5.91 Å². The second-order valence-corrected chi connectivity index (χ2v) is 7.36. The van der Waals surface area contributed by atoms with Crippen molar-refractivity contribution >= 4 is 5.91 Å². The number of benzene rings is 1. The lowest BCUT2D eigenvalue weighted by Crippen LogP contribution is -2.21. The lowest BCUT2D eigenvalue weighted by atomic mass is 9.92. The van der Waals surface area contributed by atoms with Gasteiger partial charge in [-0.3, -0.25) is 4.79 Å². The molecule has 26 heavy (non-hydrogen) atoms. The highest BCUT2D eigenvalue weighted by atomic mass is 16.1. The first-order chi connectivity index (χ1) is 12.8. The van der Waals surface area contributed by atoms with Crippen LogP contribution in [0, 0.1) is 11.8 Å². The SMILES string of the molecule is CCNC(=O)CC/C=C\C[C@H]1CCCC1/C=C/CCCc1ccccc1. The van der Waals surface area contributed by atoms with Crippen LogP contribution in [0.25, 0.3) is 0 Å². The van der Waals surface area contributed by atoms with Crippen molar-refractivity contribution < 1.29 is 4.79 Å². The molecule has 2 rings (SSSR count). The minimum atomic E-state index is 0.161. The Bertz CT molecular complexity index is 561. The van der Waals surface area contributed by atoms with Crippen LogP contribution >= 0.6 is 0 Å². The fourth-order valence-corrected chi connectivity index (χ4v) is 3.84. The molecule has 2 nitrogen and oxygen atoms in total. The number of amides is 1. The molecule has 1 unspecified atom stereocenters. The van der Waals surface area contributed by atoms with Gasteiger partial charge in [0, 0.05) is 13.0 Å². The standard InChI is InChI=1S/C24H35NO/c1-2-25-24(26)20-11-5-10-17-23-19-12-18-22(23)16-9-4-8-15-21-13-6-3-7-14-21/h3,5-7,9-10,13-14,16,22-23H,2,4,8,11-12,15,17-20H2,1H3,(H,25,26)/b10-5-,16-9+/t22?,23-/m0/s1. The molecule has 1 saturated carbocycles. The van der Waals surface area contributed by atoms with E-state index >= 15 is 0 Å². The zero-order valence-electron chi connectivity index (χ0n) is 16.3. The minimum Gasteiger partial charge on any atom is -0.356 e. The average molecular weight is 354 g/mol. The largest absolute Gasteiger partial charge is 0.356 e. The van der Waals surface area contributed by atoms with Gasteiger partial charge in [0.15, 0.2) is 0 Å². The summed E-state index contributed by atoms with van der Waals surface area (Å²) >= 11 is 0. The molecular formula is C24H35NO. The first-order valence-electron chi connectivity index (χ1n) is 10.4. The Morgan fingerprint density at radius 3 is 2.77 bits per heavy atom. The Morgan fingerprint density at radius 2 is 1.96 bits per heavy atom. The number of allylic oxidation sites excluding steroid dienone is 4. The van der Waals surface area contributed by atoms with Gasteiger partial charge in [0.25, 0.3) is 0 Å². The monoisotopic (exact) mass is 353 g/mol. The number of carbonyl (C=O) groups excluding carboxylic acids is 1. The highest BCUT2D eigenvalue weighted by Crippen LogP contribution is 2.35. The van der Waals surface area contributed by atoms with Crippen molar-refractivity contribution in [2.24, 2.45) is 11.8 Å². The molecule has 0 saturated heterocycles. The number of aryl methyl sites for hydroxylation is 1. The maximum atomic E-state index is 11.4. The Hall–Kier alpha value is -1.83. The first kappa shape index (κ1) is 20.5. The van der Waals surface area contributed by atoms with Crippen LogP contribution in [0.1, 0.15) is 63.9 Å². The van der Waals surface area contributed by atoms with Crippen molar-refractivity contribution in [3.05, 3.63) is 60.2 Å². The summed E-state index contributed by atoms with van der Waals surface area (Å²) in [6.45, 7) is 2.69. The third kappa shape index (κ3) is 8.03. The van der Waals surface area contributed by atoms with E-state index in [4.69, 9.17) is 0 Å². The molecule has 1 amide bonds. The van der Waals surface area contributed by atoms with Gasteiger partial charge < -0.3 is 5.32 Å². The van der Waals surface area contributed by atoms with Crippen LogP contribution in [0.3, 0.4) is 0 Å². The van der Waals surface area contributed by atoms with E-state index in [1.807, 2.05) is 6.92 Å². The van der Waals surface area contributed by atoms with Crippen molar-refractivity contribution in [2.75, 3.05) is 6.54 Å². The number of unbranched alkanes of at least 4 members (excludes halogenated alkanes) is 1. The van der Waals surface area contributed by atoms with Gasteiger partial charge in [-0.15, -0.1) is 0 Å². The Morgan fingerprint density at radius 1 is 1.12 bits per heavy atom. The number of rotatable bonds is 11. The lowest BCUT2D eigenvalue weighted by Gasteiger charge is -2.14. The van der Waals surface area contributed by atoms with Crippen LogP contribution in [-0.4, -0.2) is 12.5 Å². The predicted molar refractivity (Wildman–Crippen MR) is 111 cm³/mol. The van der Waals surface area contributed by atoms with Gasteiger partial charge in [-0.25, -0.2) is 0 Å². The van der Waals surface area contributed by atoms with Gasteiger partial charge in [-0.1, -0.05) is 61.1 Å². The summed E-state index contributed by atoms with van der Waals surface area (Å²) in [5.41, 5.74) is 1.44. The second-order valence-electron chi connectivity index (χ2n) is 7.36. The van der Waals surface area contributed by atoms with Crippen molar-refractivity contribution in [1.29, 1.82) is 0 Å². The normalized spacial score (nSPS) is 20.2. The minimum absolute atomic E-state index is 0.161. The highest BCUT2D eigenvalue weighted by Gasteiger charge is 2.23. The molecule has 0 bridgehead atoms. The molecule has 1 aliphatic carbocycles. The van der Waals surface area contributed by atoms with Crippen molar-refractivity contribution in [3.8, 4) is 0 Å². The molecule has 0 aromatic heterocycles. The molecule has 1 aromatic carbocycles. The number of carbonyl (C=O) groups is 1. The summed E-state index contributed by atoms with van der Waals surface area (Å²) in [6, 6.07) is 10.8. The van der Waals surface area contributed by atoms with Crippen LogP contribution in [0.4, 0.5) is 0 Å². The molecule has 0 spiro atoms. The van der Waals surface area contributed by atoms with E-state index in [1.54, 1.807) is 0 Å². The molecule has 0 radical (unpaired) electrons. The van der Waals surface area contributed by atoms with Crippen molar-refractivity contribution in [2.45, 2.75) is 64.7 Å². The fraction of sp³-hybridized carbons (Fsp3) is 0.542. The van der Waals surface area contributed by atoms with Gasteiger partial charge >= 0.3 is 0 Å². The third-order valence-electron chi connectivity index (χ3n) is 5.30. The quantitative estimate of drug-likeness (QED) is 0.393. The van der Waals surface area contributed by atoms with E-state index in [0.717, 1.165) is 31.2 Å². The molecule has 1 aliphatic rings. The van der Waals surface area contributed by atoms with E-state index < -0.39 is 0 Å². The summed E-state index contributed by atoms with van der Waals surface area (Å²) < 4.78 is 0. The predicted octanol–water partition coefficient (Wildman–Crippen LogP) is 5.84. The molecule has 2 heteroatoms. The summed E-state index contributed by atoms with van der Waals surface area (Å²) in [7, 11) is 0. The van der Waals surface area contributed by atoms with Crippen LogP contribution in [-0.2, 0) is 11.2 Å². The van der Waals surface area contributed by atoms with Gasteiger partial charge in [-0.2, -0.15) is 0 Å². The third-order valence-corrected chi connectivity index (χ3v) is 5.30. The van der Waals surface area contributed by atoms with Gasteiger partial charge in [-0.05, 0) is 69.3 Å². The van der Waals surface area contributed by atoms with Gasteiger partial charge in [0.1, 0.15) is 0 Å². The molecule has 0 aliphatic heterocycles. The first-order valence-corrected chi connectivity index (χ1v) is 10.4. The molecule has 1 fully saturated rings. The topological polar surface area (TPSA) is 29.1 Å². The molecule has 1 N–H and O–H groups in total. The number of hydrogen-bond acceptors (Lipinski definition) is 1. The van der Waals surface area contributed by atoms with E-state index in [1.165, 1.54) is 44.1 Å². The van der Waals surface area contributed by atoms with Crippen LogP contribution in [0.2, 0.25) is 0 Å². The van der Waals surface area contributed by atoms with E-state index in [2.05, 4.69) is 60.0 Å². The summed E-state index contributed by atoms with van der Waals surface area (Å²) in [4.78, 5) is 11.4. The van der Waals surface area contributed by atoms with E-state index in [9.17, 15) is 4.79 Å². The summed E-state index contributed by atoms with van der Waals surface area (Å²) in [5, 5.41) is 2.85. The van der Waals surface area contributed by atoms with Crippen LogP contribution in [0.15, 0.2) is 54.6 Å².